The molecule has 0 aromatic heterocycles. The minimum absolute atomic E-state index is 0.0170. The molecule has 0 saturated carbocycles. The Kier molecular flexibility index (Phi) is 4.05. The van der Waals surface area contributed by atoms with Crippen LogP contribution in [0.15, 0.2) is 0 Å². The van der Waals surface area contributed by atoms with Crippen LogP contribution in [0.3, 0.4) is 0 Å². The van der Waals surface area contributed by atoms with Crippen molar-refractivity contribution in [2.24, 2.45) is 11.7 Å². The van der Waals surface area contributed by atoms with Gasteiger partial charge in [-0.25, -0.2) is 0 Å². The maximum absolute atomic E-state index is 6.20. The molecular weight excluding hydrogens is 224 g/mol. The lowest BCUT2D eigenvalue weighted by Crippen LogP contribution is -2.61. The zero-order valence-corrected chi connectivity index (χ0v) is 12.5. The van der Waals surface area contributed by atoms with Crippen LogP contribution in [0, 0.1) is 5.92 Å². The van der Waals surface area contributed by atoms with E-state index in [1.165, 1.54) is 13.0 Å². The van der Waals surface area contributed by atoms with E-state index in [1.54, 1.807) is 0 Å². The van der Waals surface area contributed by atoms with Crippen LogP contribution in [0.25, 0.3) is 0 Å². The van der Waals surface area contributed by atoms with Gasteiger partial charge in [0, 0.05) is 31.3 Å². The molecule has 2 fully saturated rings. The van der Waals surface area contributed by atoms with E-state index in [4.69, 9.17) is 10.5 Å². The molecule has 2 saturated heterocycles. The highest BCUT2D eigenvalue weighted by atomic mass is 16.5. The first-order valence-electron chi connectivity index (χ1n) is 7.55. The summed E-state index contributed by atoms with van der Waals surface area (Å²) in [5.41, 5.74) is 6.40. The van der Waals surface area contributed by atoms with Crippen molar-refractivity contribution in [3.05, 3.63) is 0 Å². The number of nitrogens with two attached hydrogens (primary N) is 1. The highest BCUT2D eigenvalue weighted by Crippen LogP contribution is 2.41. The van der Waals surface area contributed by atoms with Crippen LogP contribution in [0.2, 0.25) is 0 Å². The quantitative estimate of drug-likeness (QED) is 0.840. The van der Waals surface area contributed by atoms with E-state index in [-0.39, 0.29) is 11.1 Å². The summed E-state index contributed by atoms with van der Waals surface area (Å²) < 4.78 is 6.01. The lowest BCUT2D eigenvalue weighted by molar-refractivity contribution is -0.131. The minimum Gasteiger partial charge on any atom is -0.375 e. The van der Waals surface area contributed by atoms with Gasteiger partial charge in [0.25, 0.3) is 0 Å². The van der Waals surface area contributed by atoms with Crippen molar-refractivity contribution in [2.45, 2.75) is 70.6 Å². The lowest BCUT2D eigenvalue weighted by Gasteiger charge is -2.52. The molecule has 0 aromatic rings. The molecule has 4 unspecified atom stereocenters. The summed E-state index contributed by atoms with van der Waals surface area (Å²) in [7, 11) is 0. The molecule has 0 aromatic carbocycles. The second kappa shape index (κ2) is 5.10. The first-order chi connectivity index (χ1) is 8.45. The third-order valence-electron chi connectivity index (χ3n) is 5.24. The zero-order valence-electron chi connectivity index (χ0n) is 12.5. The molecule has 18 heavy (non-hydrogen) atoms. The summed E-state index contributed by atoms with van der Waals surface area (Å²) in [5.74, 6) is 0.805. The molecule has 3 heteroatoms. The van der Waals surface area contributed by atoms with Gasteiger partial charge in [0.2, 0.25) is 0 Å². The molecule has 0 aliphatic carbocycles. The average molecular weight is 254 g/mol. The lowest BCUT2D eigenvalue weighted by atomic mass is 9.77. The van der Waals surface area contributed by atoms with E-state index in [0.717, 1.165) is 38.3 Å². The second-order valence-electron chi connectivity index (χ2n) is 6.85. The summed E-state index contributed by atoms with van der Waals surface area (Å²) in [6.45, 7) is 12.0. The Hall–Kier alpha value is -0.120. The highest BCUT2D eigenvalue weighted by Gasteiger charge is 2.48. The van der Waals surface area contributed by atoms with Gasteiger partial charge in [-0.3, -0.25) is 4.90 Å². The van der Waals surface area contributed by atoms with Crippen molar-refractivity contribution in [1.29, 1.82) is 0 Å². The van der Waals surface area contributed by atoms with E-state index in [9.17, 15) is 0 Å². The Morgan fingerprint density at radius 2 is 2.11 bits per heavy atom. The van der Waals surface area contributed by atoms with Gasteiger partial charge in [-0.15, -0.1) is 0 Å². The Morgan fingerprint density at radius 3 is 2.61 bits per heavy atom. The largest absolute Gasteiger partial charge is 0.375 e. The number of hydrogen-bond donors (Lipinski definition) is 1. The standard InChI is InChI=1S/C15H30N2O/c1-5-14(4)10-15(11-16,6-7-18-14)17-9-12(2)8-13(17)3/h12-13H,5-11,16H2,1-4H3. The number of likely N-dealkylation sites (tertiary alicyclic amines) is 1. The first-order valence-corrected chi connectivity index (χ1v) is 7.55. The molecule has 0 spiro atoms. The molecule has 0 radical (unpaired) electrons. The SMILES string of the molecule is CCC1(C)CC(CN)(N2CC(C)CC2C)CCO1. The summed E-state index contributed by atoms with van der Waals surface area (Å²) in [4.78, 5) is 2.69. The predicted molar refractivity (Wildman–Crippen MR) is 75.6 cm³/mol. The molecule has 2 rings (SSSR count). The molecule has 106 valence electrons. The molecule has 2 aliphatic rings. The molecule has 2 aliphatic heterocycles. The fraction of sp³-hybridized carbons (Fsp3) is 1.00. The van der Waals surface area contributed by atoms with Crippen molar-refractivity contribution in [3.8, 4) is 0 Å². The van der Waals surface area contributed by atoms with Gasteiger partial charge in [0.1, 0.15) is 0 Å². The number of hydrogen-bond acceptors (Lipinski definition) is 3. The van der Waals surface area contributed by atoms with Crippen LogP contribution in [0.5, 0.6) is 0 Å². The molecule has 2 heterocycles. The minimum atomic E-state index is 0.0170. The fourth-order valence-electron chi connectivity index (χ4n) is 4.05. The van der Waals surface area contributed by atoms with Crippen LogP contribution in [-0.2, 0) is 4.74 Å². The van der Waals surface area contributed by atoms with Gasteiger partial charge in [-0.1, -0.05) is 13.8 Å². The number of rotatable bonds is 3. The second-order valence-corrected chi connectivity index (χ2v) is 6.85. The smallest absolute Gasteiger partial charge is 0.0670 e. The highest BCUT2D eigenvalue weighted by molar-refractivity contribution is 5.04. The maximum atomic E-state index is 6.20. The number of nitrogens with zero attached hydrogens (tertiary/aromatic N) is 1. The Balaban J connectivity index is 2.20. The average Bonchev–Trinajstić information content (AvgIpc) is 2.69. The first kappa shape index (κ1) is 14.3. The Morgan fingerprint density at radius 1 is 1.39 bits per heavy atom. The molecule has 0 amide bonds. The van der Waals surface area contributed by atoms with Crippen LogP contribution in [0.4, 0.5) is 0 Å². The summed E-state index contributed by atoms with van der Waals surface area (Å²) >= 11 is 0. The molecular formula is C15H30N2O. The predicted octanol–water partition coefficient (Wildman–Crippen LogP) is 2.39. The number of ether oxygens (including phenoxy) is 1. The van der Waals surface area contributed by atoms with Gasteiger partial charge in [0.15, 0.2) is 0 Å². The monoisotopic (exact) mass is 254 g/mol. The molecule has 2 N–H and O–H groups in total. The third-order valence-corrected chi connectivity index (χ3v) is 5.24. The van der Waals surface area contributed by atoms with Crippen LogP contribution >= 0.6 is 0 Å². The van der Waals surface area contributed by atoms with Gasteiger partial charge in [-0.2, -0.15) is 0 Å². The van der Waals surface area contributed by atoms with E-state index in [1.807, 2.05) is 0 Å². The van der Waals surface area contributed by atoms with Gasteiger partial charge in [0.05, 0.1) is 5.60 Å². The van der Waals surface area contributed by atoms with Crippen LogP contribution in [0.1, 0.15) is 53.4 Å². The Labute approximate surface area is 112 Å². The van der Waals surface area contributed by atoms with Crippen molar-refractivity contribution in [1.82, 2.24) is 4.90 Å². The fourth-order valence-corrected chi connectivity index (χ4v) is 4.05. The van der Waals surface area contributed by atoms with E-state index in [0.29, 0.717) is 6.04 Å². The Bertz CT molecular complexity index is 296. The normalized spacial score (nSPS) is 46.5. The summed E-state index contributed by atoms with van der Waals surface area (Å²) in [6, 6.07) is 0.669. The topological polar surface area (TPSA) is 38.5 Å². The van der Waals surface area contributed by atoms with Crippen molar-refractivity contribution in [3.63, 3.8) is 0 Å². The van der Waals surface area contributed by atoms with E-state index < -0.39 is 0 Å². The van der Waals surface area contributed by atoms with Crippen LogP contribution in [-0.4, -0.2) is 41.8 Å². The maximum Gasteiger partial charge on any atom is 0.0670 e. The van der Waals surface area contributed by atoms with Crippen molar-refractivity contribution in [2.75, 3.05) is 19.7 Å². The molecule has 4 atom stereocenters. The summed E-state index contributed by atoms with van der Waals surface area (Å²) in [5, 5.41) is 0. The van der Waals surface area contributed by atoms with Gasteiger partial charge >= 0.3 is 0 Å². The zero-order chi connectivity index (χ0) is 13.4. The van der Waals surface area contributed by atoms with Crippen molar-refractivity contribution >= 4 is 0 Å². The van der Waals surface area contributed by atoms with E-state index >= 15 is 0 Å². The van der Waals surface area contributed by atoms with E-state index in [2.05, 4.69) is 32.6 Å². The van der Waals surface area contributed by atoms with Crippen molar-refractivity contribution < 1.29 is 4.74 Å². The van der Waals surface area contributed by atoms with Gasteiger partial charge < -0.3 is 10.5 Å². The van der Waals surface area contributed by atoms with Crippen LogP contribution < -0.4 is 5.73 Å². The molecule has 0 bridgehead atoms. The van der Waals surface area contributed by atoms with Gasteiger partial charge in [-0.05, 0) is 45.4 Å². The molecule has 3 nitrogen and oxygen atoms in total. The third kappa shape index (κ3) is 2.45. The summed E-state index contributed by atoms with van der Waals surface area (Å²) in [6.07, 6.45) is 4.57.